The lowest BCUT2D eigenvalue weighted by molar-refractivity contribution is 0.688. The van der Waals surface area contributed by atoms with Crippen LogP contribution >= 0.6 is 0 Å². The number of hydrogen-bond acceptors (Lipinski definition) is 6. The normalized spacial score (nSPS) is 13.6. The molecule has 2 aromatic rings. The molecule has 0 saturated carbocycles. The molecule has 0 atom stereocenters. The molecule has 0 aliphatic carbocycles. The molecular weight excluding hydrogens is 240 g/mol. The largest absolute Gasteiger partial charge is 0.301 e. The lowest BCUT2D eigenvalue weighted by Gasteiger charge is -2.14. The Morgan fingerprint density at radius 1 is 1.16 bits per heavy atom. The molecule has 6 nitrogen and oxygen atoms in total. The van der Waals surface area contributed by atoms with E-state index >= 15 is 0 Å². The minimum absolute atomic E-state index is 0.380. The van der Waals surface area contributed by atoms with Gasteiger partial charge in [-0.15, -0.1) is 5.53 Å². The molecule has 0 aromatic carbocycles. The maximum absolute atomic E-state index is 8.85. The second kappa shape index (κ2) is 4.76. The first kappa shape index (κ1) is 11.2. The fourth-order valence-corrected chi connectivity index (χ4v) is 1.76. The van der Waals surface area contributed by atoms with Gasteiger partial charge >= 0.3 is 0 Å². The van der Waals surface area contributed by atoms with E-state index in [-0.39, 0.29) is 0 Å². The summed E-state index contributed by atoms with van der Waals surface area (Å²) in [5.74, 6) is 0. The van der Waals surface area contributed by atoms with E-state index in [2.05, 4.69) is 20.9 Å². The van der Waals surface area contributed by atoms with Crippen molar-refractivity contribution in [3.05, 3.63) is 60.3 Å². The Bertz CT molecular complexity index is 658. The van der Waals surface area contributed by atoms with Gasteiger partial charge in [-0.2, -0.15) is 5.26 Å². The van der Waals surface area contributed by atoms with Crippen LogP contribution in [0.2, 0.25) is 0 Å². The van der Waals surface area contributed by atoms with Crippen molar-refractivity contribution in [3.8, 4) is 6.07 Å². The molecule has 1 aliphatic heterocycles. The average molecular weight is 250 g/mol. The van der Waals surface area contributed by atoms with Gasteiger partial charge in [0.1, 0.15) is 11.8 Å². The van der Waals surface area contributed by atoms with Crippen LogP contribution in [-0.4, -0.2) is 9.97 Å². The van der Waals surface area contributed by atoms with E-state index in [9.17, 15) is 0 Å². The Morgan fingerprint density at radius 3 is 2.79 bits per heavy atom. The molecule has 0 radical (unpaired) electrons. The molecule has 0 fully saturated rings. The zero-order chi connectivity index (χ0) is 13.1. The molecule has 0 unspecified atom stereocenters. The summed E-state index contributed by atoms with van der Waals surface area (Å²) >= 11 is 0. The summed E-state index contributed by atoms with van der Waals surface area (Å²) in [6.07, 6.45) is 6.99. The summed E-state index contributed by atoms with van der Waals surface area (Å²) < 4.78 is 0. The monoisotopic (exact) mass is 250 g/mol. The maximum Gasteiger partial charge on any atom is 0.142 e. The van der Waals surface area contributed by atoms with Gasteiger partial charge in [-0.1, -0.05) is 0 Å². The van der Waals surface area contributed by atoms with Crippen LogP contribution in [0, 0.1) is 11.3 Å². The van der Waals surface area contributed by atoms with Gasteiger partial charge < -0.3 is 5.43 Å². The second-order valence-corrected chi connectivity index (χ2v) is 3.90. The van der Waals surface area contributed by atoms with E-state index in [4.69, 9.17) is 5.26 Å². The predicted octanol–water partition coefficient (Wildman–Crippen LogP) is 1.18. The third-order valence-electron chi connectivity index (χ3n) is 2.70. The van der Waals surface area contributed by atoms with Gasteiger partial charge in [0.2, 0.25) is 0 Å². The Balaban J connectivity index is 1.89. The molecule has 1 aliphatic rings. The number of nitrogens with zero attached hydrogens (tertiary/aromatic N) is 4. The van der Waals surface area contributed by atoms with Crippen molar-refractivity contribution in [2.75, 3.05) is 5.01 Å². The zero-order valence-corrected chi connectivity index (χ0v) is 9.91. The Kier molecular flexibility index (Phi) is 2.80. The summed E-state index contributed by atoms with van der Waals surface area (Å²) in [5, 5.41) is 10.6. The highest BCUT2D eigenvalue weighted by atomic mass is 15.7. The standard InChI is InChI=1S/C13H10N6/c14-8-11-7-12(3-6-16-11)19-9-13(17-18-19)10-1-4-15-5-2-10/h1-7,9,17-18H. The van der Waals surface area contributed by atoms with Crippen LogP contribution in [0.15, 0.2) is 49.1 Å². The maximum atomic E-state index is 8.85. The van der Waals surface area contributed by atoms with Crippen LogP contribution in [0.25, 0.3) is 5.70 Å². The van der Waals surface area contributed by atoms with Gasteiger partial charge in [0, 0.05) is 30.4 Å². The summed E-state index contributed by atoms with van der Waals surface area (Å²) in [4.78, 5) is 7.92. The smallest absolute Gasteiger partial charge is 0.142 e. The second-order valence-electron chi connectivity index (χ2n) is 3.90. The van der Waals surface area contributed by atoms with E-state index in [0.29, 0.717) is 5.69 Å². The first-order valence-corrected chi connectivity index (χ1v) is 5.66. The van der Waals surface area contributed by atoms with Gasteiger partial charge in [0.25, 0.3) is 0 Å². The van der Waals surface area contributed by atoms with Gasteiger partial charge in [-0.25, -0.2) is 4.98 Å². The van der Waals surface area contributed by atoms with Crippen molar-refractivity contribution in [2.24, 2.45) is 0 Å². The summed E-state index contributed by atoms with van der Waals surface area (Å²) in [6, 6.07) is 9.38. The number of anilines is 1. The highest BCUT2D eigenvalue weighted by molar-refractivity contribution is 5.69. The molecule has 2 aromatic heterocycles. The minimum Gasteiger partial charge on any atom is -0.301 e. The van der Waals surface area contributed by atoms with E-state index in [1.165, 1.54) is 0 Å². The van der Waals surface area contributed by atoms with Crippen LogP contribution < -0.4 is 16.0 Å². The van der Waals surface area contributed by atoms with E-state index in [0.717, 1.165) is 16.9 Å². The Hall–Kier alpha value is -2.91. The van der Waals surface area contributed by atoms with Gasteiger partial charge in [0.15, 0.2) is 0 Å². The molecule has 3 rings (SSSR count). The summed E-state index contributed by atoms with van der Waals surface area (Å²) in [5.41, 5.74) is 9.24. The molecule has 0 amide bonds. The Morgan fingerprint density at radius 2 is 2.00 bits per heavy atom. The van der Waals surface area contributed by atoms with Crippen molar-refractivity contribution in [2.45, 2.75) is 0 Å². The number of nitriles is 1. The number of nitrogens with one attached hydrogen (secondary N) is 2. The number of hydrazine groups is 2. The van der Waals surface area contributed by atoms with Gasteiger partial charge in [0.05, 0.1) is 11.4 Å². The fourth-order valence-electron chi connectivity index (χ4n) is 1.76. The predicted molar refractivity (Wildman–Crippen MR) is 69.9 cm³/mol. The fraction of sp³-hybridized carbons (Fsp3) is 0. The molecule has 2 N–H and O–H groups in total. The van der Waals surface area contributed by atoms with Crippen molar-refractivity contribution in [1.29, 1.82) is 5.26 Å². The average Bonchev–Trinajstić information content (AvgIpc) is 2.98. The SMILES string of the molecule is N#Cc1cc(N2C=C(c3ccncc3)NN2)ccn1. The first-order chi connectivity index (χ1) is 9.36. The van der Waals surface area contributed by atoms with Crippen LogP contribution in [0.3, 0.4) is 0 Å². The van der Waals surface area contributed by atoms with Crippen LogP contribution in [0.5, 0.6) is 0 Å². The minimum atomic E-state index is 0.380. The molecule has 6 heteroatoms. The summed E-state index contributed by atoms with van der Waals surface area (Å²) in [7, 11) is 0. The highest BCUT2D eigenvalue weighted by Gasteiger charge is 2.14. The summed E-state index contributed by atoms with van der Waals surface area (Å²) in [6.45, 7) is 0. The third kappa shape index (κ3) is 2.22. The lowest BCUT2D eigenvalue weighted by atomic mass is 10.2. The molecule has 0 spiro atoms. The molecule has 92 valence electrons. The van der Waals surface area contributed by atoms with Crippen molar-refractivity contribution < 1.29 is 0 Å². The Labute approximate surface area is 110 Å². The van der Waals surface area contributed by atoms with E-state index in [1.807, 2.05) is 30.5 Å². The molecule has 0 saturated heterocycles. The van der Waals surface area contributed by atoms with Gasteiger partial charge in [-0.05, 0) is 24.3 Å². The van der Waals surface area contributed by atoms with Gasteiger partial charge in [-0.3, -0.25) is 9.99 Å². The number of aromatic nitrogens is 2. The molecule has 0 bridgehead atoms. The van der Waals surface area contributed by atoms with E-state index in [1.54, 1.807) is 29.7 Å². The molecule has 3 heterocycles. The zero-order valence-electron chi connectivity index (χ0n) is 9.91. The number of rotatable bonds is 2. The van der Waals surface area contributed by atoms with Crippen LogP contribution in [0.1, 0.15) is 11.3 Å². The van der Waals surface area contributed by atoms with Crippen molar-refractivity contribution >= 4 is 11.4 Å². The quantitative estimate of drug-likeness (QED) is 0.833. The highest BCUT2D eigenvalue weighted by Crippen LogP contribution is 2.19. The van der Waals surface area contributed by atoms with Crippen LogP contribution in [0.4, 0.5) is 5.69 Å². The van der Waals surface area contributed by atoms with E-state index < -0.39 is 0 Å². The van der Waals surface area contributed by atoms with Crippen molar-refractivity contribution in [3.63, 3.8) is 0 Å². The number of pyridine rings is 2. The molecule has 19 heavy (non-hydrogen) atoms. The lowest BCUT2D eigenvalue weighted by Crippen LogP contribution is -2.36. The number of hydrogen-bond donors (Lipinski definition) is 2. The first-order valence-electron chi connectivity index (χ1n) is 5.66. The third-order valence-corrected chi connectivity index (χ3v) is 2.70. The van der Waals surface area contributed by atoms with Crippen LogP contribution in [-0.2, 0) is 0 Å². The van der Waals surface area contributed by atoms with Crippen molar-refractivity contribution in [1.82, 2.24) is 20.9 Å². The molecular formula is C13H10N6. The topological polar surface area (TPSA) is 76.9 Å².